The molecule has 1 aromatic carbocycles. The molecule has 1 atom stereocenters. The quantitative estimate of drug-likeness (QED) is 0.103. The second-order valence-corrected chi connectivity index (χ2v) is 9.59. The number of hydrogen-bond donors (Lipinski definition) is 0. The van der Waals surface area contributed by atoms with Crippen LogP contribution in [0, 0.1) is 19.8 Å². The summed E-state index contributed by atoms with van der Waals surface area (Å²) >= 11 is 0. The molecule has 210 valence electrons. The zero-order chi connectivity index (χ0) is 30.1. The lowest BCUT2D eigenvalue weighted by Gasteiger charge is -2.13. The van der Waals surface area contributed by atoms with Crippen LogP contribution in [0.25, 0.3) is 0 Å². The second-order valence-electron chi connectivity index (χ2n) is 8.86. The number of halogens is 2. The largest absolute Gasteiger partial charge is 0.493 e. The molecular formula is C31H44F2NO3P. The first-order valence-corrected chi connectivity index (χ1v) is 12.7. The number of nitrogens with zero attached hydrogens (tertiary/aromatic N) is 1. The Balaban J connectivity index is 0. The fraction of sp³-hybridized carbons (Fsp3) is 0.387. The van der Waals surface area contributed by atoms with Crippen LogP contribution in [0.4, 0.5) is 8.78 Å². The fourth-order valence-electron chi connectivity index (χ4n) is 2.73. The Morgan fingerprint density at radius 2 is 1.68 bits per heavy atom. The average Bonchev–Trinajstić information content (AvgIpc) is 2.82. The fourth-order valence-corrected chi connectivity index (χ4v) is 3.05. The SMILES string of the molecule is C=C(/C=C(\OC)C(C)=O)C(C)C.C\C=C/C=C\C(C)=C(\C=NC)C(C)=O.Cc1ccc(C)c(C(F)(F)P)c1. The first-order chi connectivity index (χ1) is 17.5. The number of hydrogen-bond acceptors (Lipinski definition) is 4. The van der Waals surface area contributed by atoms with Gasteiger partial charge >= 0.3 is 0 Å². The first-order valence-electron chi connectivity index (χ1n) is 12.2. The van der Waals surface area contributed by atoms with Crippen molar-refractivity contribution in [1.82, 2.24) is 0 Å². The molecule has 0 aromatic heterocycles. The van der Waals surface area contributed by atoms with Gasteiger partial charge in [0.1, 0.15) is 0 Å². The van der Waals surface area contributed by atoms with E-state index in [1.165, 1.54) is 20.1 Å². The third-order valence-corrected chi connectivity index (χ3v) is 5.40. The van der Waals surface area contributed by atoms with Crippen LogP contribution in [0.15, 0.2) is 82.6 Å². The molecule has 0 N–H and O–H groups in total. The summed E-state index contributed by atoms with van der Waals surface area (Å²) in [6.07, 6.45) is 10.9. The average molecular weight is 548 g/mol. The number of ketones is 2. The maximum atomic E-state index is 12.9. The zero-order valence-corrected chi connectivity index (χ0v) is 25.6. The lowest BCUT2D eigenvalue weighted by molar-refractivity contribution is -0.116. The predicted octanol–water partition coefficient (Wildman–Crippen LogP) is 8.27. The van der Waals surface area contributed by atoms with Crippen LogP contribution in [-0.4, -0.2) is 31.9 Å². The molecule has 0 aliphatic rings. The minimum Gasteiger partial charge on any atom is -0.493 e. The molecule has 0 amide bonds. The van der Waals surface area contributed by atoms with E-state index < -0.39 is 5.66 Å². The van der Waals surface area contributed by atoms with Crippen molar-refractivity contribution in [2.75, 3.05) is 14.2 Å². The highest BCUT2D eigenvalue weighted by atomic mass is 31.0. The van der Waals surface area contributed by atoms with Crippen LogP contribution in [0.5, 0.6) is 0 Å². The minimum absolute atomic E-state index is 0.0400. The molecule has 0 saturated carbocycles. The summed E-state index contributed by atoms with van der Waals surface area (Å²) in [6, 6.07) is 5.06. The highest BCUT2D eigenvalue weighted by molar-refractivity contribution is 7.17. The summed E-state index contributed by atoms with van der Waals surface area (Å²) in [5.74, 6) is 0.681. The molecule has 0 fully saturated rings. The molecule has 0 spiro atoms. The molecule has 1 rings (SSSR count). The normalized spacial score (nSPS) is 12.6. The van der Waals surface area contributed by atoms with E-state index in [0.717, 1.165) is 16.7 Å². The Bertz CT molecular complexity index is 1090. The third-order valence-electron chi connectivity index (χ3n) is 5.09. The maximum absolute atomic E-state index is 12.9. The van der Waals surface area contributed by atoms with Gasteiger partial charge in [-0.1, -0.05) is 71.7 Å². The summed E-state index contributed by atoms with van der Waals surface area (Å²) in [4.78, 5) is 26.0. The number of benzene rings is 1. The topological polar surface area (TPSA) is 55.7 Å². The standard InChI is InChI=1S/C12H17NO.C10H16O2.C9H11F2P/c1-5-6-7-8-10(2)12(9-13-4)11(3)14;1-7(2)8(3)6-10(12-5)9(4)11;1-6-3-4-7(2)8(5-6)9(10,11)12/h5-9H,1-4H3;6-7H,3H2,1-2,4-5H3;3-5H,12H2,1-2H3/b6-5-,8-7-,12-10-,13-9?;10-6-;. The van der Waals surface area contributed by atoms with Crippen molar-refractivity contribution in [3.8, 4) is 0 Å². The number of aryl methyl sites for hydroxylation is 2. The van der Waals surface area contributed by atoms with Crippen molar-refractivity contribution in [3.05, 3.63) is 94.3 Å². The highest BCUT2D eigenvalue weighted by Gasteiger charge is 2.26. The van der Waals surface area contributed by atoms with E-state index in [2.05, 4.69) is 11.6 Å². The molecule has 4 nitrogen and oxygen atoms in total. The van der Waals surface area contributed by atoms with E-state index in [1.807, 2.05) is 58.1 Å². The molecule has 1 aromatic rings. The predicted molar refractivity (Wildman–Crippen MR) is 161 cm³/mol. The molecule has 1 unspecified atom stereocenters. The lowest BCUT2D eigenvalue weighted by Crippen LogP contribution is -2.05. The van der Waals surface area contributed by atoms with E-state index in [9.17, 15) is 18.4 Å². The summed E-state index contributed by atoms with van der Waals surface area (Å²) in [6.45, 7) is 18.2. The first kappa shape index (κ1) is 37.2. The van der Waals surface area contributed by atoms with Gasteiger partial charge in [-0.2, -0.15) is 8.78 Å². The van der Waals surface area contributed by atoms with Gasteiger partial charge in [0.25, 0.3) is 5.66 Å². The Hall–Kier alpha value is -2.98. The molecular weight excluding hydrogens is 503 g/mol. The van der Waals surface area contributed by atoms with Crippen LogP contribution in [-0.2, 0) is 20.0 Å². The van der Waals surface area contributed by atoms with Crippen molar-refractivity contribution in [2.45, 2.75) is 61.1 Å². The Morgan fingerprint density at radius 1 is 1.11 bits per heavy atom. The summed E-state index contributed by atoms with van der Waals surface area (Å²) in [5, 5.41) is 0. The number of rotatable bonds is 9. The van der Waals surface area contributed by atoms with Crippen LogP contribution in [0.2, 0.25) is 0 Å². The van der Waals surface area contributed by atoms with Crippen LogP contribution in [0.3, 0.4) is 0 Å². The molecule has 7 heteroatoms. The summed E-state index contributed by atoms with van der Waals surface area (Å²) in [5.41, 5.74) is 1.26. The number of allylic oxidation sites excluding steroid dienone is 9. The van der Waals surface area contributed by atoms with Gasteiger partial charge in [-0.3, -0.25) is 14.6 Å². The van der Waals surface area contributed by atoms with Gasteiger partial charge in [0.05, 0.1) is 7.11 Å². The summed E-state index contributed by atoms with van der Waals surface area (Å²) < 4.78 is 30.6. The van der Waals surface area contributed by atoms with Gasteiger partial charge in [0, 0.05) is 31.3 Å². The number of carbonyl (C=O) groups is 2. The van der Waals surface area contributed by atoms with Crippen molar-refractivity contribution < 1.29 is 23.1 Å². The van der Waals surface area contributed by atoms with Crippen LogP contribution >= 0.6 is 9.24 Å². The van der Waals surface area contributed by atoms with Gasteiger partial charge in [-0.05, 0) is 69.4 Å². The Morgan fingerprint density at radius 3 is 2.05 bits per heavy atom. The Labute approximate surface area is 230 Å². The number of methoxy groups -OCH3 is 1. The Kier molecular flexibility index (Phi) is 18.7. The highest BCUT2D eigenvalue weighted by Crippen LogP contribution is 2.36. The van der Waals surface area contributed by atoms with Crippen LogP contribution in [0.1, 0.15) is 58.2 Å². The van der Waals surface area contributed by atoms with Crippen molar-refractivity contribution in [1.29, 1.82) is 0 Å². The molecule has 0 radical (unpaired) electrons. The van der Waals surface area contributed by atoms with Gasteiger partial charge in [-0.15, -0.1) is 0 Å². The number of ether oxygens (including phenoxy) is 1. The van der Waals surface area contributed by atoms with E-state index >= 15 is 0 Å². The van der Waals surface area contributed by atoms with Crippen molar-refractivity contribution in [3.63, 3.8) is 0 Å². The van der Waals surface area contributed by atoms with E-state index in [0.29, 0.717) is 22.8 Å². The molecule has 0 aliphatic carbocycles. The van der Waals surface area contributed by atoms with Crippen LogP contribution < -0.4 is 0 Å². The third kappa shape index (κ3) is 16.0. The lowest BCUT2D eigenvalue weighted by atomic mass is 10.0. The maximum Gasteiger partial charge on any atom is 0.284 e. The molecule has 0 bridgehead atoms. The smallest absolute Gasteiger partial charge is 0.284 e. The number of carbonyl (C=O) groups excluding carboxylic acids is 2. The second kappa shape index (κ2) is 19.1. The molecule has 0 saturated heterocycles. The van der Waals surface area contributed by atoms with Gasteiger partial charge < -0.3 is 4.74 Å². The number of aliphatic imine (C=N–C) groups is 1. The number of Topliss-reactive ketones (excluding diaryl/α,β-unsaturated/α-hetero) is 2. The van der Waals surface area contributed by atoms with Gasteiger partial charge in [0.2, 0.25) is 0 Å². The molecule has 0 aliphatic heterocycles. The van der Waals surface area contributed by atoms with Gasteiger partial charge in [-0.25, -0.2) is 0 Å². The monoisotopic (exact) mass is 547 g/mol. The minimum atomic E-state index is -2.81. The van der Waals surface area contributed by atoms with Crippen molar-refractivity contribution >= 4 is 27.0 Å². The van der Waals surface area contributed by atoms with Crippen molar-refractivity contribution in [2.24, 2.45) is 10.9 Å². The van der Waals surface area contributed by atoms with E-state index in [-0.39, 0.29) is 17.1 Å². The molecule has 0 heterocycles. The molecule has 38 heavy (non-hydrogen) atoms. The van der Waals surface area contributed by atoms with Gasteiger partial charge in [0.15, 0.2) is 17.3 Å². The summed E-state index contributed by atoms with van der Waals surface area (Å²) in [7, 11) is 4.70. The van der Waals surface area contributed by atoms with E-state index in [4.69, 9.17) is 4.74 Å². The van der Waals surface area contributed by atoms with E-state index in [1.54, 1.807) is 55.4 Å². The zero-order valence-electron chi connectivity index (χ0n) is 24.5. The number of alkyl halides is 2.